The maximum atomic E-state index is 12.7. The molecule has 7 heteroatoms. The number of hydrogen-bond donors (Lipinski definition) is 2. The van der Waals surface area contributed by atoms with Gasteiger partial charge in [0.1, 0.15) is 5.75 Å². The number of nitrogens with one attached hydrogen (secondary N) is 1. The van der Waals surface area contributed by atoms with Crippen LogP contribution in [-0.4, -0.2) is 53.3 Å². The lowest BCUT2D eigenvalue weighted by Gasteiger charge is -2.37. The Morgan fingerprint density at radius 3 is 2.34 bits per heavy atom. The van der Waals surface area contributed by atoms with E-state index in [0.717, 1.165) is 53.7 Å². The third-order valence-corrected chi connectivity index (χ3v) is 7.82. The van der Waals surface area contributed by atoms with Gasteiger partial charge >= 0.3 is 0 Å². The van der Waals surface area contributed by atoms with E-state index in [1.807, 2.05) is 59.5 Å². The molecule has 0 spiro atoms. The molecule has 2 aliphatic heterocycles. The molecule has 38 heavy (non-hydrogen) atoms. The summed E-state index contributed by atoms with van der Waals surface area (Å²) in [6, 6.07) is 23.0. The van der Waals surface area contributed by atoms with Gasteiger partial charge in [-0.2, -0.15) is 0 Å². The van der Waals surface area contributed by atoms with Gasteiger partial charge < -0.3 is 24.8 Å². The highest BCUT2D eigenvalue weighted by Gasteiger charge is 2.40. The van der Waals surface area contributed by atoms with Crippen molar-refractivity contribution in [2.24, 2.45) is 5.92 Å². The standard InChI is InChI=1S/C31H32N2O5/c34-28(32-20-31(36)14-15-31)22-8-6-21(7-9-22)25-10-11-27-26(18-25)19-37-30(38-27)24-12-16-33(17-13-24)29(35)23-4-2-1-3-5-23/h1-11,18,24,30,36H,12-17,19-20H2,(H,32,34). The van der Waals surface area contributed by atoms with Crippen LogP contribution in [0.3, 0.4) is 0 Å². The lowest BCUT2D eigenvalue weighted by molar-refractivity contribution is -0.148. The fourth-order valence-corrected chi connectivity index (χ4v) is 5.17. The minimum Gasteiger partial charge on any atom is -0.464 e. The van der Waals surface area contributed by atoms with Crippen molar-refractivity contribution < 1.29 is 24.2 Å². The van der Waals surface area contributed by atoms with Crippen LogP contribution in [0.5, 0.6) is 5.75 Å². The molecular formula is C31H32N2O5. The Morgan fingerprint density at radius 1 is 0.921 bits per heavy atom. The van der Waals surface area contributed by atoms with Gasteiger partial charge in [-0.25, -0.2) is 0 Å². The molecule has 0 aromatic heterocycles. The summed E-state index contributed by atoms with van der Waals surface area (Å²) in [6.45, 7) is 2.16. The van der Waals surface area contributed by atoms with Crippen LogP contribution in [0.15, 0.2) is 72.8 Å². The number of carbonyl (C=O) groups excluding carboxylic acids is 2. The van der Waals surface area contributed by atoms with E-state index in [9.17, 15) is 14.7 Å². The molecule has 0 bridgehead atoms. The summed E-state index contributed by atoms with van der Waals surface area (Å²) in [6.07, 6.45) is 2.86. The molecule has 2 N–H and O–H groups in total. The van der Waals surface area contributed by atoms with Crippen LogP contribution in [0.25, 0.3) is 11.1 Å². The van der Waals surface area contributed by atoms with Crippen molar-refractivity contribution in [1.82, 2.24) is 10.2 Å². The Balaban J connectivity index is 1.04. The maximum absolute atomic E-state index is 12.7. The van der Waals surface area contributed by atoms with E-state index in [1.54, 1.807) is 12.1 Å². The normalized spacial score (nSPS) is 20.2. The molecule has 6 rings (SSSR count). The first-order chi connectivity index (χ1) is 18.5. The molecule has 1 unspecified atom stereocenters. The zero-order valence-electron chi connectivity index (χ0n) is 21.3. The number of likely N-dealkylation sites (tertiary alicyclic amines) is 1. The van der Waals surface area contributed by atoms with Crippen LogP contribution in [0, 0.1) is 5.92 Å². The van der Waals surface area contributed by atoms with Gasteiger partial charge in [0.05, 0.1) is 12.2 Å². The molecule has 2 amide bonds. The third kappa shape index (κ3) is 5.30. The zero-order valence-corrected chi connectivity index (χ0v) is 21.3. The quantitative estimate of drug-likeness (QED) is 0.511. The number of nitrogens with zero attached hydrogens (tertiary/aromatic N) is 1. The summed E-state index contributed by atoms with van der Waals surface area (Å²) >= 11 is 0. The van der Waals surface area contributed by atoms with Gasteiger partial charge in [-0.05, 0) is 73.2 Å². The van der Waals surface area contributed by atoms with Crippen LogP contribution >= 0.6 is 0 Å². The van der Waals surface area contributed by atoms with Gasteiger partial charge in [-0.3, -0.25) is 9.59 Å². The van der Waals surface area contributed by atoms with Gasteiger partial charge in [0.25, 0.3) is 11.8 Å². The second kappa shape index (κ2) is 10.2. The first-order valence-corrected chi connectivity index (χ1v) is 13.3. The summed E-state index contributed by atoms with van der Waals surface area (Å²) in [5.41, 5.74) is 3.62. The molecule has 3 aromatic carbocycles. The summed E-state index contributed by atoms with van der Waals surface area (Å²) in [7, 11) is 0. The predicted molar refractivity (Wildman–Crippen MR) is 143 cm³/mol. The molecule has 196 valence electrons. The molecular weight excluding hydrogens is 480 g/mol. The number of aliphatic hydroxyl groups is 1. The minimum atomic E-state index is -0.708. The zero-order chi connectivity index (χ0) is 26.1. The molecule has 1 saturated heterocycles. The predicted octanol–water partition coefficient (Wildman–Crippen LogP) is 4.40. The lowest BCUT2D eigenvalue weighted by Crippen LogP contribution is -2.44. The number of piperidine rings is 1. The average molecular weight is 513 g/mol. The van der Waals surface area contributed by atoms with Crippen molar-refractivity contribution in [3.8, 4) is 16.9 Å². The van der Waals surface area contributed by atoms with E-state index in [4.69, 9.17) is 9.47 Å². The Labute approximate surface area is 222 Å². The van der Waals surface area contributed by atoms with Crippen LogP contribution < -0.4 is 10.1 Å². The number of fused-ring (bicyclic) bond motifs is 1. The molecule has 3 aliphatic rings. The average Bonchev–Trinajstić information content (AvgIpc) is 3.72. The van der Waals surface area contributed by atoms with E-state index in [0.29, 0.717) is 31.8 Å². The van der Waals surface area contributed by atoms with E-state index >= 15 is 0 Å². The number of benzene rings is 3. The highest BCUT2D eigenvalue weighted by Crippen LogP contribution is 2.36. The van der Waals surface area contributed by atoms with Crippen molar-refractivity contribution in [2.75, 3.05) is 19.6 Å². The summed E-state index contributed by atoms with van der Waals surface area (Å²) < 4.78 is 12.4. The SMILES string of the molecule is O=C(NCC1(O)CC1)c1ccc(-c2ccc3c(c2)COC(C2CCN(C(=O)c4ccccc4)CC2)O3)cc1. The monoisotopic (exact) mass is 512 g/mol. The highest BCUT2D eigenvalue weighted by molar-refractivity contribution is 5.95. The topological polar surface area (TPSA) is 88.1 Å². The van der Waals surface area contributed by atoms with Crippen LogP contribution in [0.1, 0.15) is 52.0 Å². The first-order valence-electron chi connectivity index (χ1n) is 13.3. The number of hydrogen-bond acceptors (Lipinski definition) is 5. The van der Waals surface area contributed by atoms with Crippen LogP contribution in [0.4, 0.5) is 0 Å². The molecule has 2 heterocycles. The number of amides is 2. The second-order valence-electron chi connectivity index (χ2n) is 10.6. The van der Waals surface area contributed by atoms with Gasteiger partial charge in [0.15, 0.2) is 0 Å². The smallest absolute Gasteiger partial charge is 0.253 e. The minimum absolute atomic E-state index is 0.0814. The van der Waals surface area contributed by atoms with Gasteiger partial charge in [0, 0.05) is 42.2 Å². The summed E-state index contributed by atoms with van der Waals surface area (Å²) in [5, 5.41) is 12.7. The van der Waals surface area contributed by atoms with Gasteiger partial charge in [0.2, 0.25) is 6.29 Å². The van der Waals surface area contributed by atoms with Crippen molar-refractivity contribution >= 4 is 11.8 Å². The number of carbonyl (C=O) groups is 2. The van der Waals surface area contributed by atoms with Gasteiger partial charge in [-0.15, -0.1) is 0 Å². The Kier molecular flexibility index (Phi) is 6.64. The fraction of sp³-hybridized carbons (Fsp3) is 0.355. The van der Waals surface area contributed by atoms with Crippen LogP contribution in [0.2, 0.25) is 0 Å². The molecule has 7 nitrogen and oxygen atoms in total. The van der Waals surface area contributed by atoms with Crippen molar-refractivity contribution in [3.05, 3.63) is 89.5 Å². The Bertz CT molecular complexity index is 1310. The highest BCUT2D eigenvalue weighted by atomic mass is 16.7. The first kappa shape index (κ1) is 24.6. The summed E-state index contributed by atoms with van der Waals surface area (Å²) in [5.74, 6) is 0.979. The molecule has 1 aliphatic carbocycles. The molecule has 1 atom stereocenters. The maximum Gasteiger partial charge on any atom is 0.253 e. The van der Waals surface area contributed by atoms with E-state index < -0.39 is 5.60 Å². The Hall–Kier alpha value is -3.68. The van der Waals surface area contributed by atoms with E-state index in [2.05, 4.69) is 11.4 Å². The van der Waals surface area contributed by atoms with Crippen LogP contribution in [-0.2, 0) is 11.3 Å². The molecule has 3 aromatic rings. The largest absolute Gasteiger partial charge is 0.464 e. The molecule has 2 fully saturated rings. The van der Waals surface area contributed by atoms with Gasteiger partial charge in [-0.1, -0.05) is 36.4 Å². The second-order valence-corrected chi connectivity index (χ2v) is 10.6. The Morgan fingerprint density at radius 2 is 1.63 bits per heavy atom. The fourth-order valence-electron chi connectivity index (χ4n) is 5.17. The van der Waals surface area contributed by atoms with Crippen molar-refractivity contribution in [3.63, 3.8) is 0 Å². The van der Waals surface area contributed by atoms with Crippen molar-refractivity contribution in [2.45, 2.75) is 44.2 Å². The number of rotatable bonds is 6. The van der Waals surface area contributed by atoms with E-state index in [-0.39, 0.29) is 24.0 Å². The van der Waals surface area contributed by atoms with Crippen molar-refractivity contribution in [1.29, 1.82) is 0 Å². The number of ether oxygens (including phenoxy) is 2. The summed E-state index contributed by atoms with van der Waals surface area (Å²) in [4.78, 5) is 27.0. The molecule has 1 saturated carbocycles. The lowest BCUT2D eigenvalue weighted by atomic mass is 9.94. The molecule has 0 radical (unpaired) electrons. The third-order valence-electron chi connectivity index (χ3n) is 7.82. The van der Waals surface area contributed by atoms with E-state index in [1.165, 1.54) is 0 Å².